The van der Waals surface area contributed by atoms with Gasteiger partial charge in [0.15, 0.2) is 0 Å². The van der Waals surface area contributed by atoms with Crippen molar-refractivity contribution in [3.05, 3.63) is 23.0 Å². The van der Waals surface area contributed by atoms with Gasteiger partial charge in [0.25, 0.3) is 0 Å². The van der Waals surface area contributed by atoms with E-state index in [9.17, 15) is 9.59 Å². The molecule has 98 valence electrons. The molecule has 0 spiro atoms. The number of halogens is 1. The highest BCUT2D eigenvalue weighted by atomic mass is 35.5. The lowest BCUT2D eigenvalue weighted by Crippen LogP contribution is -2.28. The molecule has 0 saturated heterocycles. The zero-order valence-electron chi connectivity index (χ0n) is 10.2. The molecule has 0 atom stereocenters. The number of carbonyl (C=O) groups is 2. The first-order valence-electron chi connectivity index (χ1n) is 5.07. The second-order valence-electron chi connectivity index (χ2n) is 4.48. The Bertz CT molecular complexity index is 482. The van der Waals surface area contributed by atoms with Crippen molar-refractivity contribution in [3.8, 4) is 0 Å². The molecule has 0 aliphatic carbocycles. The van der Waals surface area contributed by atoms with Crippen LogP contribution in [0.5, 0.6) is 0 Å². The molecule has 0 aromatic carbocycles. The third-order valence-electron chi connectivity index (χ3n) is 1.76. The van der Waals surface area contributed by atoms with Crippen molar-refractivity contribution in [2.75, 3.05) is 5.32 Å². The van der Waals surface area contributed by atoms with E-state index in [0.717, 1.165) is 6.20 Å². The number of ether oxygens (including phenoxy) is 1. The van der Waals surface area contributed by atoms with Crippen LogP contribution < -0.4 is 5.32 Å². The summed E-state index contributed by atoms with van der Waals surface area (Å²) in [5.74, 6) is -1.24. The summed E-state index contributed by atoms with van der Waals surface area (Å²) in [6.07, 6.45) is 1.56. The molecule has 7 heteroatoms. The number of carboxylic acids is 1. The van der Waals surface area contributed by atoms with Crippen LogP contribution in [0.2, 0.25) is 5.02 Å². The third kappa shape index (κ3) is 3.89. The second kappa shape index (κ2) is 5.22. The minimum atomic E-state index is -1.24. The van der Waals surface area contributed by atoms with Gasteiger partial charge in [-0.05, 0) is 20.8 Å². The zero-order valence-corrected chi connectivity index (χ0v) is 10.9. The van der Waals surface area contributed by atoms with Crippen LogP contribution >= 0.6 is 11.6 Å². The van der Waals surface area contributed by atoms with Gasteiger partial charge in [-0.1, -0.05) is 11.6 Å². The number of aromatic carboxylic acids is 1. The molecule has 6 nitrogen and oxygen atoms in total. The summed E-state index contributed by atoms with van der Waals surface area (Å²) in [6, 6.07) is 0. The van der Waals surface area contributed by atoms with Gasteiger partial charge in [-0.15, -0.1) is 0 Å². The topological polar surface area (TPSA) is 88.5 Å². The van der Waals surface area contributed by atoms with Gasteiger partial charge >= 0.3 is 12.1 Å². The summed E-state index contributed by atoms with van der Waals surface area (Å²) < 4.78 is 5.01. The summed E-state index contributed by atoms with van der Waals surface area (Å²) in [5, 5.41) is 11.3. The van der Waals surface area contributed by atoms with Crippen molar-refractivity contribution >= 4 is 29.4 Å². The number of nitrogens with one attached hydrogen (secondary N) is 1. The van der Waals surface area contributed by atoms with E-state index in [2.05, 4.69) is 10.3 Å². The monoisotopic (exact) mass is 272 g/mol. The van der Waals surface area contributed by atoms with E-state index in [-0.39, 0.29) is 16.3 Å². The van der Waals surface area contributed by atoms with E-state index >= 15 is 0 Å². The number of hydrogen-bond donors (Lipinski definition) is 2. The Morgan fingerprint density at radius 2 is 2.00 bits per heavy atom. The molecule has 0 saturated carbocycles. The van der Waals surface area contributed by atoms with Crippen LogP contribution in [0.1, 0.15) is 31.1 Å². The number of nitrogens with zero attached hydrogens (tertiary/aromatic N) is 1. The van der Waals surface area contributed by atoms with Gasteiger partial charge in [-0.2, -0.15) is 0 Å². The van der Waals surface area contributed by atoms with Gasteiger partial charge < -0.3 is 9.84 Å². The van der Waals surface area contributed by atoms with E-state index in [1.165, 1.54) is 6.20 Å². The maximum Gasteiger partial charge on any atom is 0.412 e. The number of carboxylic acid groups (broad SMARTS) is 1. The molecule has 0 bridgehead atoms. The van der Waals surface area contributed by atoms with Gasteiger partial charge in [-0.3, -0.25) is 10.3 Å². The van der Waals surface area contributed by atoms with E-state index in [1.54, 1.807) is 20.8 Å². The zero-order chi connectivity index (χ0) is 13.9. The van der Waals surface area contributed by atoms with Crippen LogP contribution in [0, 0.1) is 0 Å². The first-order valence-corrected chi connectivity index (χ1v) is 5.45. The summed E-state index contributed by atoms with van der Waals surface area (Å²) in [6.45, 7) is 5.08. The number of rotatable bonds is 2. The standard InChI is InChI=1S/C11H13ClN2O4/c1-11(2,3)18-10(17)14-8-6(9(15)16)4-13-5-7(8)12/h4-5H,1-3H3,(H,15,16)(H,13,14,17). The molecule has 1 aromatic rings. The normalized spacial score (nSPS) is 10.9. The highest BCUT2D eigenvalue weighted by Crippen LogP contribution is 2.25. The molecule has 2 N–H and O–H groups in total. The number of amides is 1. The molecular weight excluding hydrogens is 260 g/mol. The third-order valence-corrected chi connectivity index (χ3v) is 2.04. The lowest BCUT2D eigenvalue weighted by molar-refractivity contribution is 0.0636. The van der Waals surface area contributed by atoms with Crippen LogP contribution in [0.3, 0.4) is 0 Å². The molecule has 18 heavy (non-hydrogen) atoms. The summed E-state index contributed by atoms with van der Waals surface area (Å²) >= 11 is 5.79. The average molecular weight is 273 g/mol. The number of anilines is 1. The highest BCUT2D eigenvalue weighted by Gasteiger charge is 2.20. The maximum absolute atomic E-state index is 11.5. The summed E-state index contributed by atoms with van der Waals surface area (Å²) in [4.78, 5) is 26.1. The minimum absolute atomic E-state index is 0.0285. The van der Waals surface area contributed by atoms with Gasteiger partial charge in [0, 0.05) is 12.4 Å². The highest BCUT2D eigenvalue weighted by molar-refractivity contribution is 6.34. The van der Waals surface area contributed by atoms with E-state index in [1.807, 2.05) is 0 Å². The Kier molecular flexibility index (Phi) is 4.13. The van der Waals surface area contributed by atoms with Gasteiger partial charge in [-0.25, -0.2) is 9.59 Å². The molecule has 1 amide bonds. The predicted octanol–water partition coefficient (Wildman–Crippen LogP) is 2.78. The SMILES string of the molecule is CC(C)(C)OC(=O)Nc1c(Cl)cncc1C(=O)O. The predicted molar refractivity (Wildman–Crippen MR) is 66.1 cm³/mol. The van der Waals surface area contributed by atoms with Crippen LogP contribution in [0.25, 0.3) is 0 Å². The molecular formula is C11H13ClN2O4. The van der Waals surface area contributed by atoms with E-state index < -0.39 is 17.7 Å². The molecule has 0 fully saturated rings. The summed E-state index contributed by atoms with van der Waals surface area (Å²) in [7, 11) is 0. The quantitative estimate of drug-likeness (QED) is 0.864. The lowest BCUT2D eigenvalue weighted by Gasteiger charge is -2.20. The first kappa shape index (κ1) is 14.2. The van der Waals surface area contributed by atoms with Crippen molar-refractivity contribution in [3.63, 3.8) is 0 Å². The van der Waals surface area contributed by atoms with Crippen LogP contribution in [-0.2, 0) is 4.74 Å². The Labute approximate surface area is 109 Å². The fraction of sp³-hybridized carbons (Fsp3) is 0.364. The Morgan fingerprint density at radius 3 is 2.50 bits per heavy atom. The Morgan fingerprint density at radius 1 is 1.39 bits per heavy atom. The van der Waals surface area contributed by atoms with Crippen molar-refractivity contribution in [2.24, 2.45) is 0 Å². The molecule has 0 unspecified atom stereocenters. The fourth-order valence-electron chi connectivity index (χ4n) is 1.13. The number of aromatic nitrogens is 1. The minimum Gasteiger partial charge on any atom is -0.478 e. The van der Waals surface area contributed by atoms with E-state index in [0.29, 0.717) is 0 Å². The van der Waals surface area contributed by atoms with Crippen molar-refractivity contribution < 1.29 is 19.4 Å². The average Bonchev–Trinajstić information content (AvgIpc) is 2.17. The van der Waals surface area contributed by atoms with Gasteiger partial charge in [0.2, 0.25) is 0 Å². The van der Waals surface area contributed by atoms with Crippen LogP contribution in [0.15, 0.2) is 12.4 Å². The van der Waals surface area contributed by atoms with E-state index in [4.69, 9.17) is 21.4 Å². The first-order chi connectivity index (χ1) is 8.20. The molecule has 0 radical (unpaired) electrons. The number of carbonyl (C=O) groups excluding carboxylic acids is 1. The van der Waals surface area contributed by atoms with Crippen LogP contribution in [-0.4, -0.2) is 27.8 Å². The molecule has 0 aliphatic rings. The van der Waals surface area contributed by atoms with Gasteiger partial charge in [0.05, 0.1) is 10.7 Å². The maximum atomic E-state index is 11.5. The van der Waals surface area contributed by atoms with Crippen molar-refractivity contribution in [1.82, 2.24) is 4.98 Å². The largest absolute Gasteiger partial charge is 0.478 e. The molecule has 1 heterocycles. The van der Waals surface area contributed by atoms with Crippen molar-refractivity contribution in [2.45, 2.75) is 26.4 Å². The number of hydrogen-bond acceptors (Lipinski definition) is 4. The van der Waals surface area contributed by atoms with Crippen LogP contribution in [0.4, 0.5) is 10.5 Å². The summed E-state index contributed by atoms with van der Waals surface area (Å²) in [5.41, 5.74) is -0.922. The van der Waals surface area contributed by atoms with Gasteiger partial charge in [0.1, 0.15) is 11.2 Å². The second-order valence-corrected chi connectivity index (χ2v) is 4.88. The Balaban J connectivity index is 2.97. The smallest absolute Gasteiger partial charge is 0.412 e. The fourth-order valence-corrected chi connectivity index (χ4v) is 1.34. The number of pyridine rings is 1. The van der Waals surface area contributed by atoms with Crippen molar-refractivity contribution in [1.29, 1.82) is 0 Å². The molecule has 1 aromatic heterocycles. The molecule has 1 rings (SSSR count). The lowest BCUT2D eigenvalue weighted by atomic mass is 10.2. The molecule has 0 aliphatic heterocycles. The Hall–Kier alpha value is -1.82.